The fraction of sp³-hybridized carbons (Fsp3) is 0.238. The number of rotatable bonds is 5. The van der Waals surface area contributed by atoms with Gasteiger partial charge in [0, 0.05) is 23.7 Å². The van der Waals surface area contributed by atoms with E-state index in [0.29, 0.717) is 34.2 Å². The Balaban J connectivity index is 1.48. The molecule has 29 heavy (non-hydrogen) atoms. The third-order valence-corrected chi connectivity index (χ3v) is 5.40. The maximum Gasteiger partial charge on any atom is 0.277 e. The lowest BCUT2D eigenvalue weighted by Crippen LogP contribution is -2.33. The number of aromatic nitrogens is 4. The third-order valence-electron chi connectivity index (χ3n) is 5.15. The molecule has 1 aliphatic rings. The van der Waals surface area contributed by atoms with E-state index in [2.05, 4.69) is 15.4 Å². The molecule has 0 radical (unpaired) electrons. The minimum atomic E-state index is -0.251. The lowest BCUT2D eigenvalue weighted by Gasteiger charge is -2.11. The van der Waals surface area contributed by atoms with Gasteiger partial charge in [0.1, 0.15) is 12.1 Å². The highest BCUT2D eigenvalue weighted by Crippen LogP contribution is 2.39. The first-order chi connectivity index (χ1) is 14.1. The number of carbonyl (C=O) groups excluding carboxylic acids is 1. The Hall–Kier alpha value is -3.19. The number of pyridine rings is 1. The van der Waals surface area contributed by atoms with E-state index < -0.39 is 0 Å². The van der Waals surface area contributed by atoms with Crippen molar-refractivity contribution in [3.05, 3.63) is 75.3 Å². The van der Waals surface area contributed by atoms with E-state index in [9.17, 15) is 9.59 Å². The van der Waals surface area contributed by atoms with Gasteiger partial charge in [-0.3, -0.25) is 14.2 Å². The smallest absolute Gasteiger partial charge is 0.277 e. The number of amides is 1. The second-order valence-electron chi connectivity index (χ2n) is 7.28. The predicted octanol–water partition coefficient (Wildman–Crippen LogP) is 2.89. The fourth-order valence-electron chi connectivity index (χ4n) is 3.46. The van der Waals surface area contributed by atoms with Gasteiger partial charge in [0.2, 0.25) is 5.91 Å². The quantitative estimate of drug-likeness (QED) is 0.551. The van der Waals surface area contributed by atoms with Crippen molar-refractivity contribution in [2.24, 2.45) is 0 Å². The predicted molar refractivity (Wildman–Crippen MR) is 110 cm³/mol. The Labute approximate surface area is 170 Å². The molecule has 3 aromatic heterocycles. The van der Waals surface area contributed by atoms with Crippen LogP contribution in [0.5, 0.6) is 0 Å². The summed E-state index contributed by atoms with van der Waals surface area (Å²) in [6.45, 7) is 0.275. The van der Waals surface area contributed by atoms with Crippen LogP contribution in [0, 0.1) is 0 Å². The van der Waals surface area contributed by atoms with Gasteiger partial charge in [0.15, 0.2) is 5.65 Å². The number of hydrogen-bond acceptors (Lipinski definition) is 4. The van der Waals surface area contributed by atoms with Crippen LogP contribution in [-0.4, -0.2) is 25.1 Å². The number of carbonyl (C=O) groups is 1. The van der Waals surface area contributed by atoms with Gasteiger partial charge < -0.3 is 5.32 Å². The third kappa shape index (κ3) is 3.38. The molecule has 8 heteroatoms. The van der Waals surface area contributed by atoms with E-state index in [-0.39, 0.29) is 18.0 Å². The largest absolute Gasteiger partial charge is 0.350 e. The maximum absolute atomic E-state index is 13.1. The SMILES string of the molecule is O=C(Cn1c(=O)c2cc(C3CC3)nn2c2ncccc21)NCc1ccc(Cl)cc1. The van der Waals surface area contributed by atoms with Gasteiger partial charge in [-0.05, 0) is 48.7 Å². The summed E-state index contributed by atoms with van der Waals surface area (Å²) in [5.41, 5.74) is 3.20. The maximum atomic E-state index is 13.1. The first kappa shape index (κ1) is 17.9. The van der Waals surface area contributed by atoms with Gasteiger partial charge in [0.25, 0.3) is 5.56 Å². The molecule has 1 saturated carbocycles. The van der Waals surface area contributed by atoms with Crippen molar-refractivity contribution in [3.8, 4) is 0 Å². The van der Waals surface area contributed by atoms with E-state index in [1.165, 1.54) is 4.57 Å². The number of hydrogen-bond donors (Lipinski definition) is 1. The molecule has 0 unspecified atom stereocenters. The summed E-state index contributed by atoms with van der Waals surface area (Å²) in [5, 5.41) is 8.10. The van der Waals surface area contributed by atoms with Crippen molar-refractivity contribution in [3.63, 3.8) is 0 Å². The Bertz CT molecular complexity index is 1290. The number of nitrogens with zero attached hydrogens (tertiary/aromatic N) is 4. The van der Waals surface area contributed by atoms with Gasteiger partial charge in [0.05, 0.1) is 11.2 Å². The summed E-state index contributed by atoms with van der Waals surface area (Å²) >= 11 is 5.89. The molecule has 1 aromatic carbocycles. The van der Waals surface area contributed by atoms with Crippen molar-refractivity contribution < 1.29 is 4.79 Å². The lowest BCUT2D eigenvalue weighted by molar-refractivity contribution is -0.121. The van der Waals surface area contributed by atoms with Gasteiger partial charge >= 0.3 is 0 Å². The molecule has 1 fully saturated rings. The molecular formula is C21H18ClN5O2. The van der Waals surface area contributed by atoms with E-state index in [1.807, 2.05) is 18.2 Å². The molecule has 0 saturated heterocycles. The summed E-state index contributed by atoms with van der Waals surface area (Å²) in [5.74, 6) is 0.169. The van der Waals surface area contributed by atoms with Crippen molar-refractivity contribution in [1.82, 2.24) is 24.5 Å². The Morgan fingerprint density at radius 1 is 1.17 bits per heavy atom. The van der Waals surface area contributed by atoms with Crippen LogP contribution in [0.3, 0.4) is 0 Å². The average Bonchev–Trinajstić information content (AvgIpc) is 3.49. The van der Waals surface area contributed by atoms with Gasteiger partial charge in [-0.2, -0.15) is 5.10 Å². The summed E-state index contributed by atoms with van der Waals surface area (Å²) in [7, 11) is 0. The van der Waals surface area contributed by atoms with Gasteiger partial charge in [-0.1, -0.05) is 23.7 Å². The van der Waals surface area contributed by atoms with Crippen molar-refractivity contribution >= 4 is 34.2 Å². The zero-order valence-corrected chi connectivity index (χ0v) is 16.3. The highest BCUT2D eigenvalue weighted by Gasteiger charge is 2.27. The minimum Gasteiger partial charge on any atom is -0.350 e. The summed E-state index contributed by atoms with van der Waals surface area (Å²) in [4.78, 5) is 30.1. The number of halogens is 1. The molecule has 0 spiro atoms. The molecule has 1 N–H and O–H groups in total. The molecular weight excluding hydrogens is 390 g/mol. The van der Waals surface area contributed by atoms with Gasteiger partial charge in [-0.15, -0.1) is 0 Å². The van der Waals surface area contributed by atoms with E-state index >= 15 is 0 Å². The van der Waals surface area contributed by atoms with E-state index in [1.54, 1.807) is 35.0 Å². The fourth-order valence-corrected chi connectivity index (χ4v) is 3.59. The topological polar surface area (TPSA) is 81.3 Å². The zero-order valence-electron chi connectivity index (χ0n) is 15.5. The van der Waals surface area contributed by atoms with E-state index in [4.69, 9.17) is 11.6 Å². The Kier molecular flexibility index (Phi) is 4.32. The van der Waals surface area contributed by atoms with Crippen molar-refractivity contribution in [2.45, 2.75) is 31.8 Å². The van der Waals surface area contributed by atoms with Crippen LogP contribution >= 0.6 is 11.6 Å². The number of benzene rings is 1. The van der Waals surface area contributed by atoms with Crippen LogP contribution in [0.1, 0.15) is 30.0 Å². The normalized spacial score (nSPS) is 13.8. The first-order valence-electron chi connectivity index (χ1n) is 9.48. The lowest BCUT2D eigenvalue weighted by atomic mass is 10.2. The number of nitrogens with one attached hydrogen (secondary N) is 1. The number of fused-ring (bicyclic) bond motifs is 3. The molecule has 7 nitrogen and oxygen atoms in total. The first-order valence-corrected chi connectivity index (χ1v) is 9.86. The van der Waals surface area contributed by atoms with Gasteiger partial charge in [-0.25, -0.2) is 9.50 Å². The van der Waals surface area contributed by atoms with Crippen LogP contribution in [-0.2, 0) is 17.9 Å². The highest BCUT2D eigenvalue weighted by atomic mass is 35.5. The second-order valence-corrected chi connectivity index (χ2v) is 7.72. The van der Waals surface area contributed by atoms with Crippen LogP contribution in [0.25, 0.3) is 16.7 Å². The molecule has 0 aliphatic heterocycles. The summed E-state index contributed by atoms with van der Waals surface area (Å²) in [6, 6.07) is 12.6. The monoisotopic (exact) mass is 407 g/mol. The summed E-state index contributed by atoms with van der Waals surface area (Å²) in [6.07, 6.45) is 3.85. The minimum absolute atomic E-state index is 0.0882. The van der Waals surface area contributed by atoms with Crippen molar-refractivity contribution in [2.75, 3.05) is 0 Å². The second kappa shape index (κ2) is 7.00. The van der Waals surface area contributed by atoms with E-state index in [0.717, 1.165) is 24.1 Å². The van der Waals surface area contributed by atoms with Crippen molar-refractivity contribution in [1.29, 1.82) is 0 Å². The highest BCUT2D eigenvalue weighted by molar-refractivity contribution is 6.30. The summed E-state index contributed by atoms with van der Waals surface area (Å²) < 4.78 is 3.07. The molecule has 146 valence electrons. The van der Waals surface area contributed by atoms with Crippen LogP contribution < -0.4 is 10.9 Å². The van der Waals surface area contributed by atoms with Crippen LogP contribution in [0.4, 0.5) is 0 Å². The average molecular weight is 408 g/mol. The van der Waals surface area contributed by atoms with Crippen LogP contribution in [0.2, 0.25) is 5.02 Å². The zero-order chi connectivity index (χ0) is 20.0. The van der Waals surface area contributed by atoms with Crippen LogP contribution in [0.15, 0.2) is 53.5 Å². The molecule has 5 rings (SSSR count). The standard InChI is InChI=1S/C21H18ClN5O2/c22-15-7-3-13(4-8-15)11-24-19(28)12-26-17-2-1-9-23-20(17)27-18(21(26)29)10-16(25-27)14-5-6-14/h1-4,7-10,14H,5-6,11-12H2,(H,24,28). The molecule has 1 aliphatic carbocycles. The molecule has 4 aromatic rings. The Morgan fingerprint density at radius 3 is 2.72 bits per heavy atom. The molecule has 0 atom stereocenters. The molecule has 3 heterocycles. The molecule has 1 amide bonds. The molecule has 0 bridgehead atoms. The Morgan fingerprint density at radius 2 is 1.97 bits per heavy atom.